The molecule has 76 valence electrons. The Morgan fingerprint density at radius 3 is 2.62 bits per heavy atom. The number of amides is 1. The number of nitrogens with one attached hydrogen (secondary N) is 1. The first-order chi connectivity index (χ1) is 6.07. The van der Waals surface area contributed by atoms with E-state index in [1.165, 1.54) is 0 Å². The van der Waals surface area contributed by atoms with Gasteiger partial charge in [0.2, 0.25) is 5.91 Å². The first-order valence-corrected chi connectivity index (χ1v) is 4.77. The lowest BCUT2D eigenvalue weighted by Gasteiger charge is -2.08. The van der Waals surface area contributed by atoms with Gasteiger partial charge in [0.15, 0.2) is 0 Å². The molecule has 0 heterocycles. The maximum atomic E-state index is 11.1. The highest BCUT2D eigenvalue weighted by atomic mass is 32.1. The Balaban J connectivity index is 3.63. The van der Waals surface area contributed by atoms with Crippen molar-refractivity contribution < 1.29 is 14.7 Å². The Bertz CT molecular complexity index is 184. The number of carboxylic acid groups (broad SMARTS) is 1. The molecule has 0 saturated heterocycles. The van der Waals surface area contributed by atoms with Crippen LogP contribution in [0.2, 0.25) is 0 Å². The van der Waals surface area contributed by atoms with E-state index in [-0.39, 0.29) is 17.7 Å². The van der Waals surface area contributed by atoms with Gasteiger partial charge in [0.25, 0.3) is 0 Å². The summed E-state index contributed by atoms with van der Waals surface area (Å²) < 4.78 is 0. The third-order valence-corrected chi connectivity index (χ3v) is 2.04. The molecule has 0 aliphatic carbocycles. The van der Waals surface area contributed by atoms with Gasteiger partial charge in [-0.2, -0.15) is 12.6 Å². The Morgan fingerprint density at radius 2 is 2.15 bits per heavy atom. The number of unbranched alkanes of at least 4 members (excludes halogenated alkanes) is 1. The van der Waals surface area contributed by atoms with E-state index in [2.05, 4.69) is 17.9 Å². The van der Waals surface area contributed by atoms with Gasteiger partial charge in [-0.1, -0.05) is 19.8 Å². The molecule has 0 saturated carbocycles. The second-order valence-electron chi connectivity index (χ2n) is 2.77. The van der Waals surface area contributed by atoms with Crippen LogP contribution in [-0.2, 0) is 9.59 Å². The zero-order valence-electron chi connectivity index (χ0n) is 7.62. The van der Waals surface area contributed by atoms with Crippen LogP contribution in [0.25, 0.3) is 0 Å². The third kappa shape index (κ3) is 6.45. The van der Waals surface area contributed by atoms with Crippen molar-refractivity contribution in [1.82, 2.24) is 5.32 Å². The lowest BCUT2D eigenvalue weighted by Crippen LogP contribution is -2.35. The molecule has 0 aromatic heterocycles. The molecule has 0 fully saturated rings. The highest BCUT2D eigenvalue weighted by Gasteiger charge is 2.13. The van der Waals surface area contributed by atoms with Crippen molar-refractivity contribution in [1.29, 1.82) is 0 Å². The molecule has 1 amide bonds. The second kappa shape index (κ2) is 6.77. The molecule has 4 nitrogen and oxygen atoms in total. The van der Waals surface area contributed by atoms with Crippen LogP contribution >= 0.6 is 12.6 Å². The maximum absolute atomic E-state index is 11.1. The Morgan fingerprint density at radius 1 is 1.54 bits per heavy atom. The third-order valence-electron chi connectivity index (χ3n) is 1.55. The van der Waals surface area contributed by atoms with Crippen LogP contribution in [-0.4, -0.2) is 28.8 Å². The SMILES string of the molecule is CCCCC(S)C(=O)NCC(=O)O. The highest BCUT2D eigenvalue weighted by Crippen LogP contribution is 2.06. The van der Waals surface area contributed by atoms with Crippen LogP contribution in [0.15, 0.2) is 0 Å². The molecule has 0 rings (SSSR count). The van der Waals surface area contributed by atoms with E-state index >= 15 is 0 Å². The van der Waals surface area contributed by atoms with Gasteiger partial charge in [-0.05, 0) is 6.42 Å². The minimum atomic E-state index is -1.04. The predicted molar refractivity (Wildman–Crippen MR) is 52.9 cm³/mol. The van der Waals surface area contributed by atoms with Gasteiger partial charge < -0.3 is 10.4 Å². The predicted octanol–water partition coefficient (Wildman–Crippen LogP) is 0.676. The van der Waals surface area contributed by atoms with Crippen LogP contribution < -0.4 is 5.32 Å². The van der Waals surface area contributed by atoms with Crippen molar-refractivity contribution in [3.63, 3.8) is 0 Å². The van der Waals surface area contributed by atoms with Crippen molar-refractivity contribution in [2.45, 2.75) is 31.4 Å². The van der Waals surface area contributed by atoms with Crippen LogP contribution in [0.4, 0.5) is 0 Å². The molecule has 0 aliphatic heterocycles. The number of rotatable bonds is 6. The highest BCUT2D eigenvalue weighted by molar-refractivity contribution is 7.81. The smallest absolute Gasteiger partial charge is 0.322 e. The van der Waals surface area contributed by atoms with Gasteiger partial charge in [-0.15, -0.1) is 0 Å². The molecule has 0 spiro atoms. The summed E-state index contributed by atoms with van der Waals surface area (Å²) in [4.78, 5) is 21.2. The number of carboxylic acids is 1. The zero-order valence-corrected chi connectivity index (χ0v) is 8.51. The molecule has 0 bridgehead atoms. The van der Waals surface area contributed by atoms with Crippen molar-refractivity contribution >= 4 is 24.5 Å². The normalized spacial score (nSPS) is 12.2. The molecule has 5 heteroatoms. The van der Waals surface area contributed by atoms with Crippen molar-refractivity contribution in [2.24, 2.45) is 0 Å². The van der Waals surface area contributed by atoms with Gasteiger partial charge >= 0.3 is 5.97 Å². The number of hydrogen-bond acceptors (Lipinski definition) is 3. The summed E-state index contributed by atoms with van der Waals surface area (Å²) >= 11 is 4.06. The molecule has 0 aromatic carbocycles. The fourth-order valence-electron chi connectivity index (χ4n) is 0.809. The summed E-state index contributed by atoms with van der Waals surface area (Å²) in [6, 6.07) is 0. The summed E-state index contributed by atoms with van der Waals surface area (Å²) in [5, 5.41) is 10.2. The van der Waals surface area contributed by atoms with Gasteiger partial charge in [0.1, 0.15) is 6.54 Å². The van der Waals surface area contributed by atoms with E-state index in [0.717, 1.165) is 12.8 Å². The average molecular weight is 205 g/mol. The van der Waals surface area contributed by atoms with E-state index in [1.54, 1.807) is 0 Å². The van der Waals surface area contributed by atoms with Crippen molar-refractivity contribution in [3.8, 4) is 0 Å². The van der Waals surface area contributed by atoms with E-state index < -0.39 is 5.97 Å². The van der Waals surface area contributed by atoms with Gasteiger partial charge in [-0.3, -0.25) is 9.59 Å². The molecule has 13 heavy (non-hydrogen) atoms. The summed E-state index contributed by atoms with van der Waals surface area (Å²) in [6.45, 7) is 1.69. The Kier molecular flexibility index (Phi) is 6.40. The lowest BCUT2D eigenvalue weighted by molar-refractivity contribution is -0.137. The van der Waals surface area contributed by atoms with E-state index in [9.17, 15) is 9.59 Å². The number of thiol groups is 1. The van der Waals surface area contributed by atoms with E-state index in [1.807, 2.05) is 6.92 Å². The zero-order chi connectivity index (χ0) is 10.3. The lowest BCUT2D eigenvalue weighted by atomic mass is 10.2. The minimum Gasteiger partial charge on any atom is -0.480 e. The fourth-order valence-corrected chi connectivity index (χ4v) is 1.08. The number of carbonyl (C=O) groups is 2. The first kappa shape index (κ1) is 12.3. The van der Waals surface area contributed by atoms with Gasteiger partial charge in [-0.25, -0.2) is 0 Å². The van der Waals surface area contributed by atoms with E-state index in [0.29, 0.717) is 6.42 Å². The Labute approximate surface area is 83.1 Å². The quantitative estimate of drug-likeness (QED) is 0.558. The maximum Gasteiger partial charge on any atom is 0.322 e. The molecular formula is C8H15NO3S. The number of carbonyl (C=O) groups excluding carboxylic acids is 1. The van der Waals surface area contributed by atoms with Crippen LogP contribution in [0.5, 0.6) is 0 Å². The monoisotopic (exact) mass is 205 g/mol. The molecule has 1 atom stereocenters. The first-order valence-electron chi connectivity index (χ1n) is 4.25. The summed E-state index contributed by atoms with van der Waals surface area (Å²) in [5.74, 6) is -1.34. The Hall–Kier alpha value is -0.710. The van der Waals surface area contributed by atoms with Crippen molar-refractivity contribution in [2.75, 3.05) is 6.54 Å². The molecule has 0 radical (unpaired) electrons. The molecule has 0 aromatic rings. The van der Waals surface area contributed by atoms with Crippen LogP contribution in [0, 0.1) is 0 Å². The van der Waals surface area contributed by atoms with E-state index in [4.69, 9.17) is 5.11 Å². The minimum absolute atomic E-state index is 0.306. The van der Waals surface area contributed by atoms with Gasteiger partial charge in [0.05, 0.1) is 5.25 Å². The van der Waals surface area contributed by atoms with Crippen molar-refractivity contribution in [3.05, 3.63) is 0 Å². The van der Waals surface area contributed by atoms with Crippen LogP contribution in [0.1, 0.15) is 26.2 Å². The standard InChI is InChI=1S/C8H15NO3S/c1-2-3-4-6(13)8(12)9-5-7(10)11/h6,13H,2-5H2,1H3,(H,9,12)(H,10,11). The number of aliphatic carboxylic acids is 1. The summed E-state index contributed by atoms with van der Waals surface area (Å²) in [7, 11) is 0. The topological polar surface area (TPSA) is 66.4 Å². The summed E-state index contributed by atoms with van der Waals surface area (Å²) in [5.41, 5.74) is 0. The largest absolute Gasteiger partial charge is 0.480 e. The molecule has 2 N–H and O–H groups in total. The molecular weight excluding hydrogens is 190 g/mol. The summed E-state index contributed by atoms with van der Waals surface area (Å²) in [6.07, 6.45) is 2.61. The fraction of sp³-hybridized carbons (Fsp3) is 0.750. The second-order valence-corrected chi connectivity index (χ2v) is 3.39. The average Bonchev–Trinajstić information content (AvgIpc) is 2.10. The molecule has 0 aliphatic rings. The molecule has 1 unspecified atom stereocenters. The van der Waals surface area contributed by atoms with Crippen LogP contribution in [0.3, 0.4) is 0 Å². The number of hydrogen-bond donors (Lipinski definition) is 3. The van der Waals surface area contributed by atoms with Gasteiger partial charge in [0, 0.05) is 0 Å².